The van der Waals surface area contributed by atoms with Crippen LogP contribution in [0, 0.1) is 17.7 Å². The van der Waals surface area contributed by atoms with Gasteiger partial charge in [-0.25, -0.2) is 9.37 Å². The number of carbonyl (C=O) groups excluding carboxylic acids is 3. The van der Waals surface area contributed by atoms with E-state index in [-0.39, 0.29) is 23.5 Å². The second-order valence-electron chi connectivity index (χ2n) is 10.1. The van der Waals surface area contributed by atoms with Gasteiger partial charge in [-0.2, -0.15) is 0 Å². The van der Waals surface area contributed by atoms with Crippen LogP contribution in [0.3, 0.4) is 0 Å². The van der Waals surface area contributed by atoms with Crippen molar-refractivity contribution in [3.05, 3.63) is 83.6 Å². The lowest BCUT2D eigenvalue weighted by molar-refractivity contribution is -0.117. The van der Waals surface area contributed by atoms with Crippen molar-refractivity contribution in [1.29, 1.82) is 0 Å². The number of hydrogen-bond acceptors (Lipinski definition) is 6. The van der Waals surface area contributed by atoms with Crippen molar-refractivity contribution in [3.63, 3.8) is 0 Å². The number of nitrogens with one attached hydrogen (secondary N) is 3. The van der Waals surface area contributed by atoms with E-state index in [2.05, 4.69) is 30.8 Å². The van der Waals surface area contributed by atoms with E-state index in [4.69, 9.17) is 0 Å². The minimum absolute atomic E-state index is 0.0302. The van der Waals surface area contributed by atoms with Gasteiger partial charge in [0.15, 0.2) is 0 Å². The Morgan fingerprint density at radius 2 is 1.72 bits per heavy atom. The summed E-state index contributed by atoms with van der Waals surface area (Å²) in [7, 11) is 0. The molecule has 0 atom stereocenters. The average Bonchev–Trinajstić information content (AvgIpc) is 3.80. The fraction of sp³-hybridized carbons (Fsp3) is 0.345. The zero-order valence-corrected chi connectivity index (χ0v) is 21.5. The molecule has 10 heteroatoms. The fourth-order valence-electron chi connectivity index (χ4n) is 4.60. The van der Waals surface area contributed by atoms with Crippen LogP contribution in [-0.2, 0) is 11.3 Å². The van der Waals surface area contributed by atoms with Gasteiger partial charge >= 0.3 is 0 Å². The van der Waals surface area contributed by atoms with Gasteiger partial charge in [0.1, 0.15) is 11.6 Å². The molecule has 1 aliphatic carbocycles. The molecule has 1 saturated carbocycles. The summed E-state index contributed by atoms with van der Waals surface area (Å²) in [6.07, 6.45) is 7.97. The summed E-state index contributed by atoms with van der Waals surface area (Å²) in [5, 5.41) is 8.46. The van der Waals surface area contributed by atoms with Gasteiger partial charge in [-0.3, -0.25) is 24.3 Å². The lowest BCUT2D eigenvalue weighted by Gasteiger charge is -2.32. The topological polar surface area (TPSA) is 116 Å². The maximum Gasteiger partial charge on any atom is 0.255 e. The third kappa shape index (κ3) is 7.23. The zero-order valence-electron chi connectivity index (χ0n) is 21.5. The molecule has 202 valence electrons. The van der Waals surface area contributed by atoms with Gasteiger partial charge in [-0.1, -0.05) is 18.2 Å². The zero-order chi connectivity index (χ0) is 27.2. The predicted octanol–water partition coefficient (Wildman–Crippen LogP) is 3.86. The quantitative estimate of drug-likeness (QED) is 0.387. The van der Waals surface area contributed by atoms with Crippen molar-refractivity contribution < 1.29 is 18.8 Å². The molecule has 2 aliphatic rings. The molecule has 3 aromatic rings. The Morgan fingerprint density at radius 1 is 0.923 bits per heavy atom. The summed E-state index contributed by atoms with van der Waals surface area (Å²) in [6, 6.07) is 11.5. The monoisotopic (exact) mass is 530 g/mol. The number of likely N-dealkylation sites (tertiary alicyclic amines) is 1. The van der Waals surface area contributed by atoms with Gasteiger partial charge in [0.2, 0.25) is 5.91 Å². The maximum absolute atomic E-state index is 13.9. The van der Waals surface area contributed by atoms with Gasteiger partial charge < -0.3 is 16.0 Å². The second kappa shape index (κ2) is 12.1. The van der Waals surface area contributed by atoms with E-state index in [0.29, 0.717) is 47.2 Å². The van der Waals surface area contributed by atoms with E-state index < -0.39 is 5.91 Å². The number of anilines is 2. The predicted molar refractivity (Wildman–Crippen MR) is 145 cm³/mol. The summed E-state index contributed by atoms with van der Waals surface area (Å²) in [6.45, 7) is 2.82. The van der Waals surface area contributed by atoms with Crippen molar-refractivity contribution >= 4 is 29.2 Å². The Kier molecular flexibility index (Phi) is 8.21. The van der Waals surface area contributed by atoms with Crippen molar-refractivity contribution in [1.82, 2.24) is 20.2 Å². The van der Waals surface area contributed by atoms with E-state index in [1.165, 1.54) is 30.7 Å². The first kappa shape index (κ1) is 26.4. The number of benzene rings is 1. The fourth-order valence-corrected chi connectivity index (χ4v) is 4.60. The number of pyridine rings is 2. The molecule has 39 heavy (non-hydrogen) atoms. The highest BCUT2D eigenvalue weighted by molar-refractivity contribution is 6.05. The number of hydrogen-bond donors (Lipinski definition) is 3. The molecule has 0 spiro atoms. The van der Waals surface area contributed by atoms with Crippen molar-refractivity contribution in [2.45, 2.75) is 32.2 Å². The molecule has 1 aromatic carbocycles. The maximum atomic E-state index is 13.9. The lowest BCUT2D eigenvalue weighted by atomic mass is 9.96. The van der Waals surface area contributed by atoms with Crippen molar-refractivity contribution in [2.75, 3.05) is 30.3 Å². The van der Waals surface area contributed by atoms with Crippen LogP contribution < -0.4 is 16.0 Å². The van der Waals surface area contributed by atoms with Crippen LogP contribution in [0.1, 0.15) is 52.0 Å². The minimum Gasteiger partial charge on any atom is -0.352 e. The van der Waals surface area contributed by atoms with E-state index in [1.54, 1.807) is 18.2 Å². The molecule has 3 heterocycles. The smallest absolute Gasteiger partial charge is 0.255 e. The highest BCUT2D eigenvalue weighted by Crippen LogP contribution is 2.30. The standard InChI is InChI=1S/C29H31FN6O3/c30-25-4-2-1-3-22(25)18-36-11-8-19(9-12-36)15-33-27(37)23-13-24(17-31-16-23)34-29(39)21-7-10-32-26(14-21)35-28(38)20-5-6-20/h1-4,7,10,13-14,16-17,19-20H,5-6,8-9,11-12,15,18H2,(H,33,37)(H,34,39)(H,32,35,38). The van der Waals surface area contributed by atoms with Crippen LogP contribution in [0.4, 0.5) is 15.9 Å². The molecule has 2 aromatic heterocycles. The van der Waals surface area contributed by atoms with E-state index in [0.717, 1.165) is 38.8 Å². The molecule has 9 nitrogen and oxygen atoms in total. The Bertz CT molecular complexity index is 1350. The summed E-state index contributed by atoms with van der Waals surface area (Å²) < 4.78 is 13.9. The molecular formula is C29H31FN6O3. The number of rotatable bonds is 9. The molecule has 0 radical (unpaired) electrons. The average molecular weight is 531 g/mol. The Hall–Kier alpha value is -4.18. The highest BCUT2D eigenvalue weighted by atomic mass is 19.1. The summed E-state index contributed by atoms with van der Waals surface area (Å²) in [5.74, 6) is -0.241. The number of nitrogens with zero attached hydrogens (tertiary/aromatic N) is 3. The Morgan fingerprint density at radius 3 is 2.49 bits per heavy atom. The van der Waals surface area contributed by atoms with Crippen LogP contribution in [0.2, 0.25) is 0 Å². The van der Waals surface area contributed by atoms with Crippen molar-refractivity contribution in [3.8, 4) is 0 Å². The van der Waals surface area contributed by atoms with Gasteiger partial charge in [0.05, 0.1) is 17.4 Å². The third-order valence-corrected chi connectivity index (χ3v) is 7.09. The molecule has 1 aliphatic heterocycles. The lowest BCUT2D eigenvalue weighted by Crippen LogP contribution is -2.38. The van der Waals surface area contributed by atoms with E-state index >= 15 is 0 Å². The first-order chi connectivity index (χ1) is 18.9. The summed E-state index contributed by atoms with van der Waals surface area (Å²) in [4.78, 5) is 48.0. The number of carbonyl (C=O) groups is 3. The van der Waals surface area contributed by atoms with Crippen LogP contribution in [0.5, 0.6) is 0 Å². The summed E-state index contributed by atoms with van der Waals surface area (Å²) >= 11 is 0. The molecule has 0 bridgehead atoms. The number of piperidine rings is 1. The summed E-state index contributed by atoms with van der Waals surface area (Å²) in [5.41, 5.74) is 1.76. The molecule has 1 saturated heterocycles. The van der Waals surface area contributed by atoms with Crippen LogP contribution in [0.15, 0.2) is 61.1 Å². The van der Waals surface area contributed by atoms with Gasteiger partial charge in [-0.15, -0.1) is 0 Å². The van der Waals surface area contributed by atoms with Crippen LogP contribution in [-0.4, -0.2) is 52.2 Å². The SMILES string of the molecule is O=C(NCC1CCN(Cc2ccccc2F)CC1)c1cncc(NC(=O)c2ccnc(NC(=O)C3CC3)c2)c1. The Labute approximate surface area is 226 Å². The molecule has 5 rings (SSSR count). The molecule has 3 amide bonds. The second-order valence-corrected chi connectivity index (χ2v) is 10.1. The molecule has 0 unspecified atom stereocenters. The number of halogens is 1. The van der Waals surface area contributed by atoms with Crippen molar-refractivity contribution in [2.24, 2.45) is 11.8 Å². The molecule has 3 N–H and O–H groups in total. The minimum atomic E-state index is -0.402. The van der Waals surface area contributed by atoms with Crippen LogP contribution in [0.25, 0.3) is 0 Å². The number of aromatic nitrogens is 2. The largest absolute Gasteiger partial charge is 0.352 e. The van der Waals surface area contributed by atoms with Gasteiger partial charge in [0, 0.05) is 42.5 Å². The van der Waals surface area contributed by atoms with E-state index in [9.17, 15) is 18.8 Å². The Balaban J connectivity index is 1.09. The van der Waals surface area contributed by atoms with Crippen LogP contribution >= 0.6 is 0 Å². The normalized spacial score (nSPS) is 15.9. The highest BCUT2D eigenvalue weighted by Gasteiger charge is 2.30. The molecular weight excluding hydrogens is 499 g/mol. The van der Waals surface area contributed by atoms with Gasteiger partial charge in [0.25, 0.3) is 11.8 Å². The third-order valence-electron chi connectivity index (χ3n) is 7.09. The number of amides is 3. The first-order valence-corrected chi connectivity index (χ1v) is 13.2. The first-order valence-electron chi connectivity index (χ1n) is 13.2. The van der Waals surface area contributed by atoms with Gasteiger partial charge in [-0.05, 0) is 69.0 Å². The molecule has 2 fully saturated rings. The van der Waals surface area contributed by atoms with E-state index in [1.807, 2.05) is 12.1 Å².